The molecule has 0 unspecified atom stereocenters. The van der Waals surface area contributed by atoms with E-state index in [0.717, 1.165) is 26.3 Å². The SMILES string of the molecule is O[C@H](CSc1nnc(-c2ccc(F)cc2)o1)C[NH+]1CCOCC1. The van der Waals surface area contributed by atoms with E-state index < -0.39 is 6.10 Å². The van der Waals surface area contributed by atoms with Crippen molar-refractivity contribution in [1.29, 1.82) is 0 Å². The first-order valence-corrected chi connectivity index (χ1v) is 8.51. The van der Waals surface area contributed by atoms with Gasteiger partial charge in [-0.3, -0.25) is 0 Å². The van der Waals surface area contributed by atoms with Gasteiger partial charge in [-0.1, -0.05) is 11.8 Å². The predicted octanol–water partition coefficient (Wildman–Crippen LogP) is 0.244. The number of rotatable bonds is 6. The van der Waals surface area contributed by atoms with Gasteiger partial charge in [-0.2, -0.15) is 0 Å². The number of halogens is 1. The first kappa shape index (κ1) is 16.4. The number of benzene rings is 1. The maximum absolute atomic E-state index is 12.9. The molecule has 1 fully saturated rings. The molecule has 2 N–H and O–H groups in total. The number of thioether (sulfide) groups is 1. The zero-order valence-corrected chi connectivity index (χ0v) is 13.4. The second-order valence-corrected chi connectivity index (χ2v) is 6.38. The van der Waals surface area contributed by atoms with Crippen molar-refractivity contribution in [3.8, 4) is 11.5 Å². The first-order chi connectivity index (χ1) is 11.2. The number of morpholine rings is 1. The van der Waals surface area contributed by atoms with Gasteiger partial charge in [0, 0.05) is 11.3 Å². The number of aliphatic hydroxyl groups is 1. The molecule has 1 aromatic carbocycles. The summed E-state index contributed by atoms with van der Waals surface area (Å²) in [5.41, 5.74) is 0.670. The fraction of sp³-hybridized carbons (Fsp3) is 0.467. The van der Waals surface area contributed by atoms with Crippen LogP contribution in [-0.4, -0.2) is 60.0 Å². The average Bonchev–Trinajstić information content (AvgIpc) is 3.04. The Balaban J connectivity index is 1.49. The summed E-state index contributed by atoms with van der Waals surface area (Å²) in [5, 5.41) is 18.4. The summed E-state index contributed by atoms with van der Waals surface area (Å²) in [6, 6.07) is 5.88. The minimum atomic E-state index is -0.436. The van der Waals surface area contributed by atoms with Crippen LogP contribution < -0.4 is 4.90 Å². The molecule has 0 spiro atoms. The maximum Gasteiger partial charge on any atom is 0.276 e. The highest BCUT2D eigenvalue weighted by Crippen LogP contribution is 2.23. The third-order valence-electron chi connectivity index (χ3n) is 3.62. The summed E-state index contributed by atoms with van der Waals surface area (Å²) >= 11 is 1.33. The first-order valence-electron chi connectivity index (χ1n) is 7.52. The third-order valence-corrected chi connectivity index (χ3v) is 4.58. The Morgan fingerprint density at radius 3 is 2.70 bits per heavy atom. The lowest BCUT2D eigenvalue weighted by molar-refractivity contribution is -0.910. The summed E-state index contributed by atoms with van der Waals surface area (Å²) in [6.45, 7) is 4.04. The van der Waals surface area contributed by atoms with Crippen LogP contribution in [0.2, 0.25) is 0 Å². The predicted molar refractivity (Wildman–Crippen MR) is 82.8 cm³/mol. The zero-order chi connectivity index (χ0) is 16.1. The van der Waals surface area contributed by atoms with Gasteiger partial charge in [0.2, 0.25) is 5.89 Å². The average molecular weight is 340 g/mol. The van der Waals surface area contributed by atoms with E-state index >= 15 is 0 Å². The number of nitrogens with one attached hydrogen (secondary N) is 1. The summed E-state index contributed by atoms with van der Waals surface area (Å²) in [7, 11) is 0. The largest absolute Gasteiger partial charge is 0.411 e. The van der Waals surface area contributed by atoms with Gasteiger partial charge in [0.05, 0.1) is 13.2 Å². The molecule has 124 valence electrons. The quantitative estimate of drug-likeness (QED) is 0.734. The van der Waals surface area contributed by atoms with Crippen molar-refractivity contribution in [3.63, 3.8) is 0 Å². The Morgan fingerprint density at radius 1 is 1.22 bits per heavy atom. The molecule has 0 radical (unpaired) electrons. The Hall–Kier alpha value is -1.48. The Morgan fingerprint density at radius 2 is 1.96 bits per heavy atom. The van der Waals surface area contributed by atoms with Gasteiger partial charge in [0.15, 0.2) is 0 Å². The Bertz CT molecular complexity index is 617. The fourth-order valence-electron chi connectivity index (χ4n) is 2.40. The van der Waals surface area contributed by atoms with Crippen molar-refractivity contribution in [2.45, 2.75) is 11.3 Å². The number of nitrogens with zero attached hydrogens (tertiary/aromatic N) is 2. The molecule has 1 saturated heterocycles. The van der Waals surface area contributed by atoms with E-state index in [9.17, 15) is 9.50 Å². The van der Waals surface area contributed by atoms with Crippen LogP contribution >= 0.6 is 11.8 Å². The van der Waals surface area contributed by atoms with Gasteiger partial charge >= 0.3 is 0 Å². The Labute approximate surface area is 137 Å². The number of hydrogen-bond acceptors (Lipinski definition) is 6. The highest BCUT2D eigenvalue weighted by molar-refractivity contribution is 7.99. The molecular weight excluding hydrogens is 321 g/mol. The monoisotopic (exact) mass is 340 g/mol. The van der Waals surface area contributed by atoms with Crippen molar-refractivity contribution in [2.24, 2.45) is 0 Å². The lowest BCUT2D eigenvalue weighted by Crippen LogP contribution is -3.15. The fourth-order valence-corrected chi connectivity index (χ4v) is 3.09. The number of quaternary nitrogens is 1. The standard InChI is InChI=1S/C15H18FN3O3S/c16-12-3-1-11(2-4-12)14-17-18-15(22-14)23-10-13(20)9-19-5-7-21-8-6-19/h1-4,13,20H,5-10H2/p+1/t13-/m0/s1. The molecule has 0 aliphatic carbocycles. The molecular formula is C15H19FN3O3S+. The van der Waals surface area contributed by atoms with Gasteiger partial charge in [-0.15, -0.1) is 10.2 Å². The molecule has 23 heavy (non-hydrogen) atoms. The van der Waals surface area contributed by atoms with E-state index in [1.165, 1.54) is 28.8 Å². The smallest absolute Gasteiger partial charge is 0.276 e. The summed E-state index contributed by atoms with van der Waals surface area (Å²) < 4.78 is 23.7. The van der Waals surface area contributed by atoms with E-state index in [0.29, 0.717) is 29.0 Å². The number of ether oxygens (including phenoxy) is 1. The van der Waals surface area contributed by atoms with Crippen LogP contribution in [0.4, 0.5) is 4.39 Å². The molecule has 0 bridgehead atoms. The van der Waals surface area contributed by atoms with Gasteiger partial charge in [0.1, 0.15) is 31.6 Å². The lowest BCUT2D eigenvalue weighted by Gasteiger charge is -2.25. The van der Waals surface area contributed by atoms with Crippen LogP contribution in [-0.2, 0) is 4.74 Å². The molecule has 2 heterocycles. The second kappa shape index (κ2) is 7.87. The number of hydrogen-bond donors (Lipinski definition) is 2. The van der Waals surface area contributed by atoms with E-state index in [2.05, 4.69) is 10.2 Å². The second-order valence-electron chi connectivity index (χ2n) is 5.41. The van der Waals surface area contributed by atoms with Crippen LogP contribution in [0.15, 0.2) is 33.9 Å². The number of aromatic nitrogens is 2. The van der Waals surface area contributed by atoms with E-state index in [4.69, 9.17) is 9.15 Å². The molecule has 3 rings (SSSR count). The maximum atomic E-state index is 12.9. The zero-order valence-electron chi connectivity index (χ0n) is 12.6. The van der Waals surface area contributed by atoms with Crippen LogP contribution in [0.1, 0.15) is 0 Å². The van der Waals surface area contributed by atoms with E-state index in [1.807, 2.05) is 0 Å². The lowest BCUT2D eigenvalue weighted by atomic mass is 10.2. The van der Waals surface area contributed by atoms with E-state index in [1.54, 1.807) is 12.1 Å². The van der Waals surface area contributed by atoms with Crippen molar-refractivity contribution < 1.29 is 23.6 Å². The molecule has 1 aromatic heterocycles. The minimum Gasteiger partial charge on any atom is -0.411 e. The summed E-state index contributed by atoms with van der Waals surface area (Å²) in [6.07, 6.45) is -0.436. The number of aliphatic hydroxyl groups excluding tert-OH is 1. The van der Waals surface area contributed by atoms with Crippen LogP contribution in [0.3, 0.4) is 0 Å². The highest BCUT2D eigenvalue weighted by Gasteiger charge is 2.19. The summed E-state index contributed by atoms with van der Waals surface area (Å²) in [5.74, 6) is 0.535. The molecule has 0 saturated carbocycles. The third kappa shape index (κ3) is 4.74. The van der Waals surface area contributed by atoms with E-state index in [-0.39, 0.29) is 5.82 Å². The molecule has 8 heteroatoms. The Kier molecular flexibility index (Phi) is 5.60. The molecule has 1 aliphatic rings. The highest BCUT2D eigenvalue weighted by atomic mass is 32.2. The molecule has 0 amide bonds. The van der Waals surface area contributed by atoms with Crippen molar-refractivity contribution >= 4 is 11.8 Å². The van der Waals surface area contributed by atoms with Crippen molar-refractivity contribution in [1.82, 2.24) is 10.2 Å². The molecule has 6 nitrogen and oxygen atoms in total. The molecule has 2 aromatic rings. The van der Waals surface area contributed by atoms with Crippen LogP contribution in [0, 0.1) is 5.82 Å². The van der Waals surface area contributed by atoms with Crippen molar-refractivity contribution in [3.05, 3.63) is 30.1 Å². The van der Waals surface area contributed by atoms with Gasteiger partial charge < -0.3 is 19.2 Å². The molecule has 1 aliphatic heterocycles. The molecule has 1 atom stereocenters. The van der Waals surface area contributed by atoms with Gasteiger partial charge in [-0.05, 0) is 24.3 Å². The van der Waals surface area contributed by atoms with Crippen LogP contribution in [0.5, 0.6) is 0 Å². The van der Waals surface area contributed by atoms with Gasteiger partial charge in [0.25, 0.3) is 5.22 Å². The van der Waals surface area contributed by atoms with Crippen molar-refractivity contribution in [2.75, 3.05) is 38.6 Å². The van der Waals surface area contributed by atoms with Gasteiger partial charge in [-0.25, -0.2) is 4.39 Å². The summed E-state index contributed by atoms with van der Waals surface area (Å²) in [4.78, 5) is 1.35. The minimum absolute atomic E-state index is 0.309. The van der Waals surface area contributed by atoms with Crippen LogP contribution in [0.25, 0.3) is 11.5 Å². The normalized spacial score (nSPS) is 17.3. The topological polar surface area (TPSA) is 72.8 Å².